The van der Waals surface area contributed by atoms with Crippen molar-refractivity contribution in [2.75, 3.05) is 18.2 Å². The van der Waals surface area contributed by atoms with Crippen LogP contribution in [-0.4, -0.2) is 17.1 Å². The summed E-state index contributed by atoms with van der Waals surface area (Å²) in [6.07, 6.45) is 0. The van der Waals surface area contributed by atoms with Crippen LogP contribution < -0.4 is 15.8 Å². The Hall–Kier alpha value is -2.80. The monoisotopic (exact) mass is 340 g/mol. The Morgan fingerprint density at radius 1 is 1.21 bits per heavy atom. The lowest BCUT2D eigenvalue weighted by Crippen LogP contribution is -1.90. The van der Waals surface area contributed by atoms with Crippen molar-refractivity contribution < 1.29 is 9.15 Å². The van der Waals surface area contributed by atoms with Gasteiger partial charge in [0.15, 0.2) is 10.7 Å². The zero-order chi connectivity index (χ0) is 16.8. The molecule has 2 aromatic heterocycles. The van der Waals surface area contributed by atoms with Crippen molar-refractivity contribution in [1.29, 1.82) is 0 Å². The second-order valence-electron chi connectivity index (χ2n) is 5.59. The number of nitrogens with one attached hydrogen (secondary N) is 1. The first-order chi connectivity index (χ1) is 11.5. The van der Waals surface area contributed by atoms with E-state index in [-0.39, 0.29) is 0 Å². The van der Waals surface area contributed by atoms with Crippen molar-refractivity contribution in [3.05, 3.63) is 35.4 Å². The molecule has 2 heterocycles. The molecule has 0 aliphatic carbocycles. The highest BCUT2D eigenvalue weighted by atomic mass is 32.1. The molecular weight excluding hydrogens is 324 g/mol. The van der Waals surface area contributed by atoms with E-state index in [9.17, 15) is 0 Å². The van der Waals surface area contributed by atoms with Gasteiger partial charge in [0.25, 0.3) is 0 Å². The number of fused-ring (bicyclic) bond motifs is 2. The van der Waals surface area contributed by atoms with Crippen LogP contribution in [0.5, 0.6) is 5.75 Å². The molecule has 7 heteroatoms. The molecule has 6 nitrogen and oxygen atoms in total. The Bertz CT molecular complexity index is 1070. The highest BCUT2D eigenvalue weighted by Crippen LogP contribution is 2.36. The summed E-state index contributed by atoms with van der Waals surface area (Å²) in [7, 11) is 1.60. The highest BCUT2D eigenvalue weighted by Gasteiger charge is 2.14. The fourth-order valence-corrected chi connectivity index (χ4v) is 3.52. The number of nitrogens with two attached hydrogens (primary N) is 1. The van der Waals surface area contributed by atoms with Crippen LogP contribution in [0, 0.1) is 13.8 Å². The van der Waals surface area contributed by atoms with Gasteiger partial charge in [-0.3, -0.25) is 5.32 Å². The predicted molar refractivity (Wildman–Crippen MR) is 97.4 cm³/mol. The third-order valence-corrected chi connectivity index (χ3v) is 4.91. The van der Waals surface area contributed by atoms with Gasteiger partial charge in [-0.1, -0.05) is 17.4 Å². The van der Waals surface area contributed by atoms with Gasteiger partial charge < -0.3 is 14.9 Å². The number of methoxy groups -OCH3 is 1. The van der Waals surface area contributed by atoms with Gasteiger partial charge in [0.1, 0.15) is 16.8 Å². The maximum Gasteiger partial charge on any atom is 0.302 e. The van der Waals surface area contributed by atoms with Crippen molar-refractivity contribution in [2.24, 2.45) is 0 Å². The molecule has 3 N–H and O–H groups in total. The first-order valence-electron chi connectivity index (χ1n) is 7.43. The number of nitrogen functional groups attached to an aromatic ring is 1. The van der Waals surface area contributed by atoms with Gasteiger partial charge in [-0.2, -0.15) is 4.98 Å². The quantitative estimate of drug-likeness (QED) is 0.538. The molecule has 0 spiro atoms. The predicted octanol–water partition coefficient (Wildman–Crippen LogP) is 4.39. The molecule has 4 rings (SSSR count). The zero-order valence-corrected chi connectivity index (χ0v) is 14.3. The van der Waals surface area contributed by atoms with E-state index in [2.05, 4.69) is 22.2 Å². The van der Waals surface area contributed by atoms with E-state index in [1.807, 2.05) is 25.1 Å². The molecule has 0 atom stereocenters. The largest absolute Gasteiger partial charge is 0.494 e. The molecule has 0 saturated heterocycles. The number of rotatable bonds is 3. The summed E-state index contributed by atoms with van der Waals surface area (Å²) in [4.78, 5) is 9.03. The first-order valence-corrected chi connectivity index (χ1v) is 8.24. The molecule has 4 aromatic rings. The van der Waals surface area contributed by atoms with Crippen LogP contribution >= 0.6 is 11.3 Å². The van der Waals surface area contributed by atoms with E-state index in [0.717, 1.165) is 26.9 Å². The second-order valence-corrected chi connectivity index (χ2v) is 6.62. The molecular formula is C17H16N4O2S. The molecule has 0 bridgehead atoms. The van der Waals surface area contributed by atoms with Gasteiger partial charge >= 0.3 is 6.01 Å². The van der Waals surface area contributed by atoms with Gasteiger partial charge in [0.05, 0.1) is 11.8 Å². The lowest BCUT2D eigenvalue weighted by molar-refractivity contribution is 0.419. The van der Waals surface area contributed by atoms with Gasteiger partial charge in [0.2, 0.25) is 0 Å². The summed E-state index contributed by atoms with van der Waals surface area (Å²) in [6.45, 7) is 4.08. The summed E-state index contributed by atoms with van der Waals surface area (Å²) in [5, 5.41) is 3.81. The SMILES string of the molecule is COc1cc(N)cc2sc(Nc3nc4ccc(C)c(C)c4o3)nc12. The number of hydrogen-bond donors (Lipinski definition) is 2. The summed E-state index contributed by atoms with van der Waals surface area (Å²) in [6, 6.07) is 8.05. The Balaban J connectivity index is 1.75. The van der Waals surface area contributed by atoms with Crippen molar-refractivity contribution in [1.82, 2.24) is 9.97 Å². The normalized spacial score (nSPS) is 11.3. The van der Waals surface area contributed by atoms with Crippen molar-refractivity contribution in [3.63, 3.8) is 0 Å². The molecule has 24 heavy (non-hydrogen) atoms. The molecule has 2 aromatic carbocycles. The molecule has 0 saturated carbocycles. The third-order valence-electron chi connectivity index (χ3n) is 3.99. The molecule has 0 aliphatic heterocycles. The number of aryl methyl sites for hydroxylation is 2. The van der Waals surface area contributed by atoms with Crippen LogP contribution in [-0.2, 0) is 0 Å². The van der Waals surface area contributed by atoms with E-state index in [1.54, 1.807) is 13.2 Å². The van der Waals surface area contributed by atoms with Crippen LogP contribution in [0.1, 0.15) is 11.1 Å². The molecule has 0 unspecified atom stereocenters. The van der Waals surface area contributed by atoms with E-state index >= 15 is 0 Å². The molecule has 0 radical (unpaired) electrons. The Morgan fingerprint density at radius 3 is 2.83 bits per heavy atom. The molecule has 0 aliphatic rings. The van der Waals surface area contributed by atoms with Crippen LogP contribution in [0.3, 0.4) is 0 Å². The van der Waals surface area contributed by atoms with Crippen LogP contribution in [0.15, 0.2) is 28.7 Å². The van der Waals surface area contributed by atoms with E-state index in [1.165, 1.54) is 16.9 Å². The molecule has 0 amide bonds. The van der Waals surface area contributed by atoms with E-state index in [4.69, 9.17) is 14.9 Å². The summed E-state index contributed by atoms with van der Waals surface area (Å²) < 4.78 is 12.1. The number of nitrogens with zero attached hydrogens (tertiary/aromatic N) is 2. The smallest absolute Gasteiger partial charge is 0.302 e. The van der Waals surface area contributed by atoms with Crippen LogP contribution in [0.4, 0.5) is 16.8 Å². The topological polar surface area (TPSA) is 86.2 Å². The minimum Gasteiger partial charge on any atom is -0.494 e. The van der Waals surface area contributed by atoms with Gasteiger partial charge in [-0.05, 0) is 37.1 Å². The fourth-order valence-electron chi connectivity index (χ4n) is 2.59. The molecule has 0 fully saturated rings. The van der Waals surface area contributed by atoms with E-state index < -0.39 is 0 Å². The zero-order valence-electron chi connectivity index (χ0n) is 13.5. The Kier molecular flexibility index (Phi) is 3.31. The minimum atomic E-state index is 0.421. The maximum absolute atomic E-state index is 5.89. The minimum absolute atomic E-state index is 0.421. The average Bonchev–Trinajstić information content (AvgIpc) is 3.14. The maximum atomic E-state index is 5.89. The van der Waals surface area contributed by atoms with Crippen molar-refractivity contribution in [2.45, 2.75) is 13.8 Å². The number of anilines is 3. The number of hydrogen-bond acceptors (Lipinski definition) is 7. The van der Waals surface area contributed by atoms with Gasteiger partial charge in [-0.25, -0.2) is 4.98 Å². The summed E-state index contributed by atoms with van der Waals surface area (Å²) in [5.74, 6) is 0.651. The summed E-state index contributed by atoms with van der Waals surface area (Å²) >= 11 is 1.47. The number of ether oxygens (including phenoxy) is 1. The Labute approximate surface area is 142 Å². The van der Waals surface area contributed by atoms with E-state index in [0.29, 0.717) is 22.6 Å². The number of aromatic nitrogens is 2. The first kappa shape index (κ1) is 14.8. The lowest BCUT2D eigenvalue weighted by atomic mass is 10.1. The number of oxazole rings is 1. The standard InChI is InChI=1S/C17H16N4O2S/c1-8-4-5-11-15(9(8)2)23-16(19-11)21-17-20-14-12(22-3)6-10(18)7-13(14)24-17/h4-7H,18H2,1-3H3,(H,19,20,21). The number of thiazole rings is 1. The van der Waals surface area contributed by atoms with Crippen molar-refractivity contribution >= 4 is 49.5 Å². The van der Waals surface area contributed by atoms with Gasteiger partial charge in [0, 0.05) is 11.8 Å². The second kappa shape index (κ2) is 5.38. The lowest BCUT2D eigenvalue weighted by Gasteiger charge is -2.01. The fraction of sp³-hybridized carbons (Fsp3) is 0.176. The summed E-state index contributed by atoms with van der Waals surface area (Å²) in [5.41, 5.74) is 11.2. The highest BCUT2D eigenvalue weighted by molar-refractivity contribution is 7.22. The third kappa shape index (κ3) is 2.33. The van der Waals surface area contributed by atoms with Crippen LogP contribution in [0.25, 0.3) is 21.3 Å². The van der Waals surface area contributed by atoms with Gasteiger partial charge in [-0.15, -0.1) is 0 Å². The van der Waals surface area contributed by atoms with Crippen LogP contribution in [0.2, 0.25) is 0 Å². The Morgan fingerprint density at radius 2 is 2.04 bits per heavy atom. The van der Waals surface area contributed by atoms with Crippen molar-refractivity contribution in [3.8, 4) is 5.75 Å². The molecule has 122 valence electrons. The number of benzene rings is 2. The average molecular weight is 340 g/mol.